The molecule has 2 aromatic rings. The van der Waals surface area contributed by atoms with Crippen molar-refractivity contribution in [3.63, 3.8) is 0 Å². The molecule has 0 unspecified atom stereocenters. The summed E-state index contributed by atoms with van der Waals surface area (Å²) in [6, 6.07) is 3.94. The van der Waals surface area contributed by atoms with Crippen LogP contribution in [0.1, 0.15) is 49.8 Å². The highest BCUT2D eigenvalue weighted by molar-refractivity contribution is 5.76. The van der Waals surface area contributed by atoms with Gasteiger partial charge >= 0.3 is 0 Å². The molecule has 9 nitrogen and oxygen atoms in total. The van der Waals surface area contributed by atoms with Gasteiger partial charge in [0.25, 0.3) is 0 Å². The van der Waals surface area contributed by atoms with Crippen molar-refractivity contribution in [3.8, 4) is 22.8 Å². The van der Waals surface area contributed by atoms with Crippen molar-refractivity contribution in [2.75, 3.05) is 44.6 Å². The molecule has 1 atom stereocenters. The monoisotopic (exact) mass is 466 g/mol. The minimum absolute atomic E-state index is 0.209. The van der Waals surface area contributed by atoms with Gasteiger partial charge < -0.3 is 25.0 Å². The van der Waals surface area contributed by atoms with Gasteiger partial charge in [-0.1, -0.05) is 0 Å². The van der Waals surface area contributed by atoms with Crippen LogP contribution in [0.3, 0.4) is 0 Å². The van der Waals surface area contributed by atoms with Crippen molar-refractivity contribution in [2.45, 2.75) is 57.9 Å². The van der Waals surface area contributed by atoms with Gasteiger partial charge in [-0.05, 0) is 64.3 Å². The molecular weight excluding hydrogens is 432 g/mol. The summed E-state index contributed by atoms with van der Waals surface area (Å²) in [7, 11) is 0. The molecule has 1 amide bonds. The number of nitrogens with one attached hydrogen (secondary N) is 1. The number of carbonyl (C=O) groups excluding carboxylic acids is 1. The molecule has 1 aromatic carbocycles. The Morgan fingerprint density at radius 1 is 1.21 bits per heavy atom. The first-order chi connectivity index (χ1) is 16.6. The van der Waals surface area contributed by atoms with Crippen LogP contribution in [0.25, 0.3) is 11.3 Å². The number of rotatable bonds is 7. The van der Waals surface area contributed by atoms with E-state index in [1.807, 2.05) is 24.0 Å². The van der Waals surface area contributed by atoms with Gasteiger partial charge in [-0.2, -0.15) is 0 Å². The Morgan fingerprint density at radius 3 is 2.88 bits per heavy atom. The highest BCUT2D eigenvalue weighted by Gasteiger charge is 2.24. The number of hydrogen-bond donors (Lipinski definition) is 2. The lowest BCUT2D eigenvalue weighted by atomic mass is 10.0. The number of phenolic OH excluding ortho intramolecular Hbond substituents is 1. The minimum atomic E-state index is 0.209. The molecule has 2 saturated heterocycles. The first-order valence-corrected chi connectivity index (χ1v) is 12.5. The summed E-state index contributed by atoms with van der Waals surface area (Å²) in [6.45, 7) is 7.26. The lowest BCUT2D eigenvalue weighted by Gasteiger charge is -2.33. The third-order valence-corrected chi connectivity index (χ3v) is 7.13. The Balaban J connectivity index is 1.16. The number of ether oxygens (including phenoxy) is 1. The largest absolute Gasteiger partial charge is 0.507 e. The maximum atomic E-state index is 12.3. The van der Waals surface area contributed by atoms with Crippen LogP contribution in [-0.2, 0) is 11.2 Å². The number of fused-ring (bicyclic) bond motifs is 1. The topological polar surface area (TPSA) is 104 Å². The molecule has 0 saturated carbocycles. The summed E-state index contributed by atoms with van der Waals surface area (Å²) in [5.41, 5.74) is 2.77. The molecule has 0 bridgehead atoms. The molecule has 34 heavy (non-hydrogen) atoms. The second kappa shape index (κ2) is 10.1. The molecule has 3 aliphatic rings. The molecule has 182 valence electrons. The molecule has 2 fully saturated rings. The van der Waals surface area contributed by atoms with Gasteiger partial charge in [-0.25, -0.2) is 4.98 Å². The predicted octanol–water partition coefficient (Wildman–Crippen LogP) is 2.77. The van der Waals surface area contributed by atoms with Crippen molar-refractivity contribution >= 4 is 11.9 Å². The Kier molecular flexibility index (Phi) is 6.80. The standard InChI is InChI=1S/C25H34N6O3/c1-17-23(20-8-9-21-19(24(20)33)10-15-34-21)28-29-25(26-17)27-18-6-4-11-30(16-18)12-5-7-22(32)31-13-2-3-14-31/h8-9,18,33H,2-7,10-16H2,1H3,(H,26,27,29)/t18-/m1/s1. The van der Waals surface area contributed by atoms with E-state index in [4.69, 9.17) is 4.74 Å². The third kappa shape index (κ3) is 4.94. The fraction of sp³-hybridized carbons (Fsp3) is 0.600. The zero-order valence-corrected chi connectivity index (χ0v) is 19.9. The number of benzene rings is 1. The van der Waals surface area contributed by atoms with Crippen molar-refractivity contribution < 1.29 is 14.6 Å². The average molecular weight is 467 g/mol. The predicted molar refractivity (Wildman–Crippen MR) is 129 cm³/mol. The van der Waals surface area contributed by atoms with Gasteiger partial charge in [-0.15, -0.1) is 10.2 Å². The van der Waals surface area contributed by atoms with E-state index in [-0.39, 0.29) is 11.8 Å². The van der Waals surface area contributed by atoms with Crippen molar-refractivity contribution in [1.29, 1.82) is 0 Å². The van der Waals surface area contributed by atoms with E-state index in [9.17, 15) is 9.90 Å². The van der Waals surface area contributed by atoms with Crippen molar-refractivity contribution in [3.05, 3.63) is 23.4 Å². The third-order valence-electron chi connectivity index (χ3n) is 7.13. The smallest absolute Gasteiger partial charge is 0.243 e. The summed E-state index contributed by atoms with van der Waals surface area (Å²) in [4.78, 5) is 21.4. The van der Waals surface area contributed by atoms with Gasteiger partial charge in [0.05, 0.1) is 12.3 Å². The Morgan fingerprint density at radius 2 is 2.06 bits per heavy atom. The van der Waals surface area contributed by atoms with Gasteiger partial charge in [0.15, 0.2) is 0 Å². The van der Waals surface area contributed by atoms with Crippen LogP contribution in [-0.4, -0.2) is 81.4 Å². The molecule has 2 N–H and O–H groups in total. The quantitative estimate of drug-likeness (QED) is 0.642. The summed E-state index contributed by atoms with van der Waals surface area (Å²) in [6.07, 6.45) is 6.69. The first kappa shape index (κ1) is 22.8. The second-order valence-electron chi connectivity index (χ2n) is 9.58. The number of amides is 1. The molecule has 3 aliphatic heterocycles. The fourth-order valence-electron chi connectivity index (χ4n) is 5.30. The zero-order chi connectivity index (χ0) is 23.5. The van der Waals surface area contributed by atoms with E-state index in [0.717, 1.165) is 81.8 Å². The summed E-state index contributed by atoms with van der Waals surface area (Å²) >= 11 is 0. The molecule has 4 heterocycles. The number of anilines is 1. The number of aromatic hydroxyl groups is 1. The second-order valence-corrected chi connectivity index (χ2v) is 9.58. The molecule has 0 spiro atoms. The summed E-state index contributed by atoms with van der Waals surface area (Å²) in [5.74, 6) is 1.77. The number of aryl methyl sites for hydroxylation is 1. The number of piperidine rings is 1. The first-order valence-electron chi connectivity index (χ1n) is 12.5. The van der Waals surface area contributed by atoms with Crippen LogP contribution in [0.15, 0.2) is 12.1 Å². The Labute approximate surface area is 200 Å². The van der Waals surface area contributed by atoms with Crippen LogP contribution < -0.4 is 10.1 Å². The van der Waals surface area contributed by atoms with E-state index >= 15 is 0 Å². The SMILES string of the molecule is Cc1nc(N[C@@H]2CCCN(CCCC(=O)N3CCCC3)C2)nnc1-c1ccc2c(c1O)CCO2. The van der Waals surface area contributed by atoms with Crippen molar-refractivity contribution in [2.24, 2.45) is 0 Å². The van der Waals surface area contributed by atoms with Gasteiger partial charge in [0.1, 0.15) is 17.2 Å². The molecule has 9 heteroatoms. The molecular formula is C25H34N6O3. The van der Waals surface area contributed by atoms with Crippen LogP contribution in [0.4, 0.5) is 5.95 Å². The van der Waals surface area contributed by atoms with Crippen LogP contribution >= 0.6 is 0 Å². The van der Waals surface area contributed by atoms with E-state index in [1.54, 1.807) is 0 Å². The lowest BCUT2D eigenvalue weighted by Crippen LogP contribution is -2.43. The minimum Gasteiger partial charge on any atom is -0.507 e. The number of phenols is 1. The van der Waals surface area contributed by atoms with Gasteiger partial charge in [0, 0.05) is 49.6 Å². The fourth-order valence-corrected chi connectivity index (χ4v) is 5.30. The molecule has 5 rings (SSSR count). The molecule has 0 radical (unpaired) electrons. The number of likely N-dealkylation sites (tertiary alicyclic amines) is 2. The number of nitrogens with zero attached hydrogens (tertiary/aromatic N) is 5. The maximum Gasteiger partial charge on any atom is 0.243 e. The van der Waals surface area contributed by atoms with Crippen molar-refractivity contribution in [1.82, 2.24) is 25.0 Å². The summed E-state index contributed by atoms with van der Waals surface area (Å²) < 4.78 is 5.53. The average Bonchev–Trinajstić information content (AvgIpc) is 3.53. The van der Waals surface area contributed by atoms with Crippen LogP contribution in [0.2, 0.25) is 0 Å². The van der Waals surface area contributed by atoms with E-state index in [2.05, 4.69) is 25.4 Å². The van der Waals surface area contributed by atoms with Crippen LogP contribution in [0.5, 0.6) is 11.5 Å². The lowest BCUT2D eigenvalue weighted by molar-refractivity contribution is -0.130. The van der Waals surface area contributed by atoms with Gasteiger partial charge in [0.2, 0.25) is 11.9 Å². The van der Waals surface area contributed by atoms with Gasteiger partial charge in [-0.3, -0.25) is 4.79 Å². The summed E-state index contributed by atoms with van der Waals surface area (Å²) in [5, 5.41) is 22.9. The Bertz CT molecular complexity index is 1040. The Hall–Kier alpha value is -2.94. The van der Waals surface area contributed by atoms with E-state index in [1.165, 1.54) is 0 Å². The number of aromatic nitrogens is 3. The maximum absolute atomic E-state index is 12.3. The van der Waals surface area contributed by atoms with Crippen LogP contribution in [0, 0.1) is 6.92 Å². The number of hydrogen-bond acceptors (Lipinski definition) is 8. The molecule has 1 aromatic heterocycles. The zero-order valence-electron chi connectivity index (χ0n) is 19.9. The number of carbonyl (C=O) groups is 1. The van der Waals surface area contributed by atoms with E-state index in [0.29, 0.717) is 42.6 Å². The normalized spacial score (nSPS) is 20.3. The van der Waals surface area contributed by atoms with E-state index < -0.39 is 0 Å². The molecule has 0 aliphatic carbocycles. The highest BCUT2D eigenvalue weighted by atomic mass is 16.5. The highest BCUT2D eigenvalue weighted by Crippen LogP contribution is 2.40.